The summed E-state index contributed by atoms with van der Waals surface area (Å²) in [7, 11) is 0. The zero-order valence-corrected chi connectivity index (χ0v) is 19.7. The predicted molar refractivity (Wildman–Crippen MR) is 135 cm³/mol. The van der Waals surface area contributed by atoms with Gasteiger partial charge in [-0.05, 0) is 67.9 Å². The Hall–Kier alpha value is -4.87. The van der Waals surface area contributed by atoms with Crippen molar-refractivity contribution in [1.29, 1.82) is 0 Å². The van der Waals surface area contributed by atoms with Crippen LogP contribution in [-0.4, -0.2) is 27.3 Å². The Morgan fingerprint density at radius 1 is 0.811 bits per heavy atom. The molecular formula is C25H22F3N7O2. The van der Waals surface area contributed by atoms with Crippen molar-refractivity contribution in [3.8, 4) is 5.75 Å². The topological polar surface area (TPSA) is 113 Å². The molecule has 2 amide bonds. The van der Waals surface area contributed by atoms with Crippen LogP contribution in [0.1, 0.15) is 11.4 Å². The lowest BCUT2D eigenvalue weighted by Crippen LogP contribution is -2.22. The number of rotatable bonds is 7. The molecule has 4 N–H and O–H groups in total. The molecule has 0 bridgehead atoms. The first kappa shape index (κ1) is 25.2. The van der Waals surface area contributed by atoms with Crippen LogP contribution < -0.4 is 26.0 Å². The number of carbonyl (C=O) groups is 1. The summed E-state index contributed by atoms with van der Waals surface area (Å²) in [5, 5.41) is 11.2. The van der Waals surface area contributed by atoms with Crippen LogP contribution in [-0.2, 0) is 0 Å². The van der Waals surface area contributed by atoms with Gasteiger partial charge in [-0.15, -0.1) is 13.2 Å². The highest BCUT2D eigenvalue weighted by atomic mass is 19.4. The van der Waals surface area contributed by atoms with E-state index in [4.69, 9.17) is 0 Å². The first-order valence-corrected chi connectivity index (χ1v) is 11.0. The SMILES string of the molecule is Cc1ccnc(Nc2cc(Nc3ccc(NC(=O)Nc4ccccc4OC(F)(F)F)cc3)nc(C)n2)c1. The first-order chi connectivity index (χ1) is 17.6. The van der Waals surface area contributed by atoms with E-state index in [1.807, 2.05) is 19.1 Å². The van der Waals surface area contributed by atoms with Crippen molar-refractivity contribution in [3.63, 3.8) is 0 Å². The zero-order valence-electron chi connectivity index (χ0n) is 19.7. The van der Waals surface area contributed by atoms with E-state index in [1.54, 1.807) is 43.5 Å². The highest BCUT2D eigenvalue weighted by molar-refractivity contribution is 6.00. The summed E-state index contributed by atoms with van der Waals surface area (Å²) in [6.07, 6.45) is -3.18. The van der Waals surface area contributed by atoms with Gasteiger partial charge in [0.1, 0.15) is 23.3 Å². The molecule has 4 aromatic rings. The number of nitrogens with one attached hydrogen (secondary N) is 4. The van der Waals surface area contributed by atoms with E-state index >= 15 is 0 Å². The van der Waals surface area contributed by atoms with Crippen LogP contribution >= 0.6 is 0 Å². The molecule has 4 rings (SSSR count). The fraction of sp³-hybridized carbons (Fsp3) is 0.120. The number of hydrogen-bond acceptors (Lipinski definition) is 7. The molecule has 0 saturated heterocycles. The number of alkyl halides is 3. The smallest absolute Gasteiger partial charge is 0.404 e. The maximum atomic E-state index is 12.6. The summed E-state index contributed by atoms with van der Waals surface area (Å²) < 4.78 is 41.7. The number of aryl methyl sites for hydroxylation is 2. The van der Waals surface area contributed by atoms with Crippen LogP contribution in [0.25, 0.3) is 0 Å². The van der Waals surface area contributed by atoms with Gasteiger partial charge in [0.05, 0.1) is 5.69 Å². The number of ether oxygens (including phenoxy) is 1. The fourth-order valence-corrected chi connectivity index (χ4v) is 3.28. The maximum absolute atomic E-state index is 12.6. The molecule has 190 valence electrons. The molecule has 2 aromatic carbocycles. The van der Waals surface area contributed by atoms with E-state index in [2.05, 4.69) is 41.0 Å². The van der Waals surface area contributed by atoms with Crippen molar-refractivity contribution in [1.82, 2.24) is 15.0 Å². The summed E-state index contributed by atoms with van der Waals surface area (Å²) in [4.78, 5) is 25.4. The van der Waals surface area contributed by atoms with Gasteiger partial charge < -0.3 is 26.0 Å². The lowest BCUT2D eigenvalue weighted by molar-refractivity contribution is -0.274. The second-order valence-corrected chi connectivity index (χ2v) is 7.85. The highest BCUT2D eigenvalue weighted by Crippen LogP contribution is 2.30. The summed E-state index contributed by atoms with van der Waals surface area (Å²) in [6, 6.07) is 16.7. The third-order valence-corrected chi connectivity index (χ3v) is 4.79. The molecule has 0 unspecified atom stereocenters. The minimum atomic E-state index is -4.88. The van der Waals surface area contributed by atoms with Crippen LogP contribution in [0.15, 0.2) is 72.9 Å². The van der Waals surface area contributed by atoms with E-state index in [-0.39, 0.29) is 5.69 Å². The van der Waals surface area contributed by atoms with Crippen molar-refractivity contribution in [2.75, 3.05) is 21.3 Å². The third kappa shape index (κ3) is 7.56. The minimum absolute atomic E-state index is 0.125. The van der Waals surface area contributed by atoms with Gasteiger partial charge in [0, 0.05) is 23.6 Å². The number of hydrogen-bond donors (Lipinski definition) is 4. The fourth-order valence-electron chi connectivity index (χ4n) is 3.28. The van der Waals surface area contributed by atoms with Crippen molar-refractivity contribution in [3.05, 3.63) is 84.3 Å². The summed E-state index contributed by atoms with van der Waals surface area (Å²) in [5.74, 6) is 1.80. The Labute approximate surface area is 210 Å². The molecule has 0 aliphatic heterocycles. The summed E-state index contributed by atoms with van der Waals surface area (Å²) in [6.45, 7) is 3.73. The number of nitrogens with zero attached hydrogens (tertiary/aromatic N) is 3. The normalized spacial score (nSPS) is 10.9. The standard InChI is InChI=1S/C25H22F3N7O2/c1-15-11-12-29-21(13-15)35-23-14-22(30-16(2)31-23)32-17-7-9-18(10-8-17)33-24(36)34-19-5-3-4-6-20(19)37-25(26,27)28/h3-14H,1-2H3,(H2,33,34,36)(H2,29,30,31,32,35). The second-order valence-electron chi connectivity index (χ2n) is 7.85. The summed E-state index contributed by atoms with van der Waals surface area (Å²) >= 11 is 0. The number of anilines is 6. The molecule has 0 aliphatic rings. The Balaban J connectivity index is 1.38. The first-order valence-electron chi connectivity index (χ1n) is 11.0. The van der Waals surface area contributed by atoms with E-state index < -0.39 is 18.1 Å². The Morgan fingerprint density at radius 2 is 1.49 bits per heavy atom. The molecule has 0 radical (unpaired) electrons. The van der Waals surface area contributed by atoms with E-state index in [1.165, 1.54) is 18.2 Å². The van der Waals surface area contributed by atoms with Gasteiger partial charge in [-0.3, -0.25) is 0 Å². The Morgan fingerprint density at radius 3 is 2.19 bits per heavy atom. The maximum Gasteiger partial charge on any atom is 0.573 e. The number of halogens is 3. The lowest BCUT2D eigenvalue weighted by Gasteiger charge is -2.14. The number of aromatic nitrogens is 3. The molecule has 0 spiro atoms. The van der Waals surface area contributed by atoms with Gasteiger partial charge >= 0.3 is 12.4 Å². The molecule has 9 nitrogen and oxygen atoms in total. The average molecular weight is 509 g/mol. The average Bonchev–Trinajstić information content (AvgIpc) is 2.80. The van der Waals surface area contributed by atoms with Crippen LogP contribution in [0, 0.1) is 13.8 Å². The molecule has 2 aromatic heterocycles. The van der Waals surface area contributed by atoms with Crippen molar-refractivity contribution in [2.24, 2.45) is 0 Å². The van der Waals surface area contributed by atoms with Gasteiger partial charge in [-0.1, -0.05) is 12.1 Å². The molecule has 0 atom stereocenters. The monoisotopic (exact) mass is 509 g/mol. The second kappa shape index (κ2) is 10.8. The van der Waals surface area contributed by atoms with Gasteiger partial charge in [0.2, 0.25) is 0 Å². The zero-order chi connectivity index (χ0) is 26.4. The number of pyridine rings is 1. The van der Waals surface area contributed by atoms with Gasteiger partial charge in [-0.2, -0.15) is 0 Å². The highest BCUT2D eigenvalue weighted by Gasteiger charge is 2.32. The van der Waals surface area contributed by atoms with E-state index in [9.17, 15) is 18.0 Å². The lowest BCUT2D eigenvalue weighted by atomic mass is 10.2. The van der Waals surface area contributed by atoms with Gasteiger partial charge in [0.15, 0.2) is 5.75 Å². The molecule has 12 heteroatoms. The number of amides is 2. The van der Waals surface area contributed by atoms with Crippen molar-refractivity contribution in [2.45, 2.75) is 20.2 Å². The van der Waals surface area contributed by atoms with Crippen LogP contribution in [0.5, 0.6) is 5.75 Å². The molecule has 0 aliphatic carbocycles. The van der Waals surface area contributed by atoms with Gasteiger partial charge in [0.25, 0.3) is 0 Å². The molecule has 2 heterocycles. The van der Waals surface area contributed by atoms with Crippen LogP contribution in [0.3, 0.4) is 0 Å². The number of carbonyl (C=O) groups excluding carboxylic acids is 1. The van der Waals surface area contributed by atoms with Crippen molar-refractivity contribution >= 4 is 40.5 Å². The minimum Gasteiger partial charge on any atom is -0.404 e. The largest absolute Gasteiger partial charge is 0.573 e. The Bertz CT molecular complexity index is 1400. The Kier molecular flexibility index (Phi) is 7.37. The molecule has 37 heavy (non-hydrogen) atoms. The van der Waals surface area contributed by atoms with Gasteiger partial charge in [-0.25, -0.2) is 19.7 Å². The van der Waals surface area contributed by atoms with Crippen LogP contribution in [0.2, 0.25) is 0 Å². The molecule has 0 saturated carbocycles. The third-order valence-electron chi connectivity index (χ3n) is 4.79. The number of urea groups is 1. The van der Waals surface area contributed by atoms with Crippen LogP contribution in [0.4, 0.5) is 52.5 Å². The van der Waals surface area contributed by atoms with E-state index in [0.29, 0.717) is 34.7 Å². The van der Waals surface area contributed by atoms with Crippen molar-refractivity contribution < 1.29 is 22.7 Å². The summed E-state index contributed by atoms with van der Waals surface area (Å²) in [5.41, 5.74) is 2.04. The predicted octanol–water partition coefficient (Wildman–Crippen LogP) is 6.52. The molecular weight excluding hydrogens is 487 g/mol. The number of benzene rings is 2. The quantitative estimate of drug-likeness (QED) is 0.224. The number of para-hydroxylation sites is 2. The van der Waals surface area contributed by atoms with E-state index in [0.717, 1.165) is 11.6 Å². The molecule has 0 fully saturated rings.